The van der Waals surface area contributed by atoms with Gasteiger partial charge in [0.05, 0.1) is 4.92 Å². The molecule has 1 aromatic carbocycles. The van der Waals surface area contributed by atoms with E-state index in [0.717, 1.165) is 25.1 Å². The molecular weight excluding hydrogens is 243 g/mol. The molecule has 0 radical (unpaired) electrons. The fraction of sp³-hybridized carbons (Fsp3) is 0.222. The van der Waals surface area contributed by atoms with E-state index in [1.807, 2.05) is 0 Å². The van der Waals surface area contributed by atoms with Gasteiger partial charge in [-0.2, -0.15) is 0 Å². The summed E-state index contributed by atoms with van der Waals surface area (Å²) in [6.07, 6.45) is -5.03. The molecule has 8 heteroatoms. The molecule has 0 fully saturated rings. The highest BCUT2D eigenvalue weighted by molar-refractivity contribution is 5.95. The number of rotatable bonds is 3. The Balaban J connectivity index is 3.23. The maximum Gasteiger partial charge on any atom is 0.573 e. The van der Waals surface area contributed by atoms with E-state index in [1.54, 1.807) is 0 Å². The van der Waals surface area contributed by atoms with Crippen molar-refractivity contribution in [1.29, 1.82) is 0 Å². The molecule has 0 spiro atoms. The first-order valence-corrected chi connectivity index (χ1v) is 4.26. The van der Waals surface area contributed by atoms with Gasteiger partial charge in [0.2, 0.25) is 5.75 Å². The summed E-state index contributed by atoms with van der Waals surface area (Å²) in [6.45, 7) is 1.14. The van der Waals surface area contributed by atoms with Crippen LogP contribution in [0.2, 0.25) is 0 Å². The Morgan fingerprint density at radius 3 is 2.41 bits per heavy atom. The SMILES string of the molecule is CC(=O)c1ccc(OC(F)(F)F)c([N+](=O)[O-])c1. The normalized spacial score (nSPS) is 11.1. The first kappa shape index (κ1) is 12.9. The molecule has 92 valence electrons. The minimum atomic E-state index is -5.03. The highest BCUT2D eigenvalue weighted by atomic mass is 19.4. The number of carbonyl (C=O) groups is 1. The van der Waals surface area contributed by atoms with Crippen molar-refractivity contribution >= 4 is 11.5 Å². The maximum atomic E-state index is 11.9. The lowest BCUT2D eigenvalue weighted by molar-refractivity contribution is -0.388. The van der Waals surface area contributed by atoms with Gasteiger partial charge in [-0.05, 0) is 19.1 Å². The molecule has 0 N–H and O–H groups in total. The summed E-state index contributed by atoms with van der Waals surface area (Å²) in [7, 11) is 0. The average Bonchev–Trinajstić information content (AvgIpc) is 2.14. The smallest absolute Gasteiger partial charge is 0.398 e. The van der Waals surface area contributed by atoms with Crippen molar-refractivity contribution in [2.45, 2.75) is 13.3 Å². The highest BCUT2D eigenvalue weighted by Gasteiger charge is 2.34. The number of hydrogen-bond acceptors (Lipinski definition) is 4. The van der Waals surface area contributed by atoms with E-state index in [0.29, 0.717) is 0 Å². The number of nitrogens with zero attached hydrogens (tertiary/aromatic N) is 1. The van der Waals surface area contributed by atoms with Crippen molar-refractivity contribution in [3.8, 4) is 5.75 Å². The van der Waals surface area contributed by atoms with Crippen LogP contribution in [0.15, 0.2) is 18.2 Å². The van der Waals surface area contributed by atoms with Crippen LogP contribution in [0.1, 0.15) is 17.3 Å². The number of ketones is 1. The topological polar surface area (TPSA) is 69.4 Å². The predicted octanol–water partition coefficient (Wildman–Crippen LogP) is 2.70. The molecule has 0 aliphatic carbocycles. The van der Waals surface area contributed by atoms with Gasteiger partial charge >= 0.3 is 12.0 Å². The van der Waals surface area contributed by atoms with Crippen LogP contribution in [-0.4, -0.2) is 17.1 Å². The molecule has 1 rings (SSSR count). The Morgan fingerprint density at radius 2 is 2.00 bits per heavy atom. The lowest BCUT2D eigenvalue weighted by Gasteiger charge is -2.09. The predicted molar refractivity (Wildman–Crippen MR) is 49.8 cm³/mol. The van der Waals surface area contributed by atoms with Crippen LogP contribution in [0.4, 0.5) is 18.9 Å². The molecule has 1 aromatic rings. The number of hydrogen-bond donors (Lipinski definition) is 0. The molecule has 0 aliphatic heterocycles. The fourth-order valence-corrected chi connectivity index (χ4v) is 1.09. The van der Waals surface area contributed by atoms with E-state index >= 15 is 0 Å². The van der Waals surface area contributed by atoms with Crippen LogP contribution >= 0.6 is 0 Å². The second-order valence-corrected chi connectivity index (χ2v) is 3.04. The van der Waals surface area contributed by atoms with E-state index < -0.39 is 28.5 Å². The molecule has 0 saturated carbocycles. The average molecular weight is 249 g/mol. The molecule has 17 heavy (non-hydrogen) atoms. The van der Waals surface area contributed by atoms with Gasteiger partial charge in [-0.25, -0.2) is 0 Å². The zero-order valence-corrected chi connectivity index (χ0v) is 8.45. The molecule has 0 saturated heterocycles. The van der Waals surface area contributed by atoms with Gasteiger partial charge in [-0.15, -0.1) is 13.2 Å². The quantitative estimate of drug-likeness (QED) is 0.469. The second kappa shape index (κ2) is 4.40. The van der Waals surface area contributed by atoms with E-state index in [2.05, 4.69) is 4.74 Å². The third kappa shape index (κ3) is 3.44. The fourth-order valence-electron chi connectivity index (χ4n) is 1.09. The molecule has 5 nitrogen and oxygen atoms in total. The van der Waals surface area contributed by atoms with Crippen LogP contribution in [0, 0.1) is 10.1 Å². The van der Waals surface area contributed by atoms with Gasteiger partial charge in [0.1, 0.15) is 0 Å². The van der Waals surface area contributed by atoms with E-state index in [1.165, 1.54) is 0 Å². The molecule has 0 atom stereocenters. The summed E-state index contributed by atoms with van der Waals surface area (Å²) in [6, 6.07) is 2.50. The molecule has 0 amide bonds. The van der Waals surface area contributed by atoms with Crippen molar-refractivity contribution < 1.29 is 27.6 Å². The highest BCUT2D eigenvalue weighted by Crippen LogP contribution is 2.32. The van der Waals surface area contributed by atoms with Gasteiger partial charge in [-0.3, -0.25) is 14.9 Å². The summed E-state index contributed by atoms with van der Waals surface area (Å²) in [4.78, 5) is 20.4. The van der Waals surface area contributed by atoms with Crippen molar-refractivity contribution in [2.24, 2.45) is 0 Å². The van der Waals surface area contributed by atoms with Gasteiger partial charge in [0.25, 0.3) is 0 Å². The Bertz CT molecular complexity index is 470. The number of nitro benzene ring substituents is 1. The number of halogens is 3. The molecule has 0 aliphatic rings. The van der Waals surface area contributed by atoms with Crippen molar-refractivity contribution in [3.63, 3.8) is 0 Å². The lowest BCUT2D eigenvalue weighted by atomic mass is 10.1. The van der Waals surface area contributed by atoms with Gasteiger partial charge in [-0.1, -0.05) is 0 Å². The van der Waals surface area contributed by atoms with Crippen molar-refractivity contribution in [3.05, 3.63) is 33.9 Å². The van der Waals surface area contributed by atoms with Crippen LogP contribution < -0.4 is 4.74 Å². The zero-order chi connectivity index (χ0) is 13.2. The lowest BCUT2D eigenvalue weighted by Crippen LogP contribution is -2.18. The molecule has 0 heterocycles. The van der Waals surface area contributed by atoms with Gasteiger partial charge in [0, 0.05) is 11.6 Å². The number of nitro groups is 1. The monoisotopic (exact) mass is 249 g/mol. The van der Waals surface area contributed by atoms with Crippen LogP contribution in [0.5, 0.6) is 5.75 Å². The standard InChI is InChI=1S/C9H6F3NO4/c1-5(14)6-2-3-8(17-9(10,11)12)7(4-6)13(15)16/h2-4H,1H3. The van der Waals surface area contributed by atoms with Crippen LogP contribution in [0.3, 0.4) is 0 Å². The Morgan fingerprint density at radius 1 is 1.41 bits per heavy atom. The number of Topliss-reactive ketones (excluding diaryl/α,β-unsaturated/α-hetero) is 1. The van der Waals surface area contributed by atoms with Gasteiger partial charge < -0.3 is 4.74 Å². The minimum Gasteiger partial charge on any atom is -0.398 e. The first-order valence-electron chi connectivity index (χ1n) is 4.26. The maximum absolute atomic E-state index is 11.9. The first-order chi connectivity index (χ1) is 7.70. The van der Waals surface area contributed by atoms with Crippen LogP contribution in [0.25, 0.3) is 0 Å². The van der Waals surface area contributed by atoms with Crippen molar-refractivity contribution in [1.82, 2.24) is 0 Å². The van der Waals surface area contributed by atoms with E-state index in [4.69, 9.17) is 0 Å². The summed E-state index contributed by atoms with van der Waals surface area (Å²) >= 11 is 0. The number of ether oxygens (including phenoxy) is 1. The van der Waals surface area contributed by atoms with E-state index in [-0.39, 0.29) is 5.56 Å². The molecule has 0 bridgehead atoms. The van der Waals surface area contributed by atoms with E-state index in [9.17, 15) is 28.1 Å². The van der Waals surface area contributed by atoms with Gasteiger partial charge in [0.15, 0.2) is 5.78 Å². The third-order valence-electron chi connectivity index (χ3n) is 1.79. The third-order valence-corrected chi connectivity index (χ3v) is 1.79. The Hall–Kier alpha value is -2.12. The molecule has 0 aromatic heterocycles. The Kier molecular flexibility index (Phi) is 3.35. The summed E-state index contributed by atoms with van der Waals surface area (Å²) in [5.74, 6) is -1.45. The number of carbonyl (C=O) groups excluding carboxylic acids is 1. The molecular formula is C9H6F3NO4. The number of alkyl halides is 3. The minimum absolute atomic E-state index is 0.0637. The number of benzene rings is 1. The molecule has 0 unspecified atom stereocenters. The zero-order valence-electron chi connectivity index (χ0n) is 8.45. The van der Waals surface area contributed by atoms with Crippen LogP contribution in [-0.2, 0) is 0 Å². The van der Waals surface area contributed by atoms with Crippen molar-refractivity contribution in [2.75, 3.05) is 0 Å². The summed E-state index contributed by atoms with van der Waals surface area (Å²) < 4.78 is 39.3. The summed E-state index contributed by atoms with van der Waals surface area (Å²) in [5, 5.41) is 10.5. The second-order valence-electron chi connectivity index (χ2n) is 3.04. The Labute approximate surface area is 93.0 Å². The largest absolute Gasteiger partial charge is 0.573 e. The summed E-state index contributed by atoms with van der Waals surface area (Å²) in [5.41, 5.74) is -0.971.